The highest BCUT2D eigenvalue weighted by Gasteiger charge is 2.36. The normalized spacial score (nSPS) is 12.0. The van der Waals surface area contributed by atoms with E-state index in [1.807, 2.05) is 44.2 Å². The molecule has 0 radical (unpaired) electrons. The molecule has 0 heterocycles. The Hall–Kier alpha value is -3.27. The second kappa shape index (κ2) is 16.7. The lowest BCUT2D eigenvalue weighted by Gasteiger charge is -2.34. The van der Waals surface area contributed by atoms with E-state index in [1.165, 1.54) is 29.2 Å². The Kier molecular flexibility index (Phi) is 13.0. The smallest absolute Gasteiger partial charge is 0.264 e. The van der Waals surface area contributed by atoms with Crippen molar-refractivity contribution in [1.82, 2.24) is 10.2 Å². The van der Waals surface area contributed by atoms with Gasteiger partial charge in [-0.05, 0) is 55.3 Å². The Morgan fingerprint density at radius 2 is 1.43 bits per heavy atom. The lowest BCUT2D eigenvalue weighted by atomic mass is 10.0. The lowest BCUT2D eigenvalue weighted by Crippen LogP contribution is -2.53. The zero-order valence-electron chi connectivity index (χ0n) is 25.9. The van der Waals surface area contributed by atoms with Crippen molar-refractivity contribution >= 4 is 73.9 Å². The number of carbonyl (C=O) groups is 2. The Bertz CT molecular complexity index is 1790. The lowest BCUT2D eigenvalue weighted by molar-refractivity contribution is -0.140. The van der Waals surface area contributed by atoms with Crippen LogP contribution in [0, 0.1) is 6.92 Å². The van der Waals surface area contributed by atoms with E-state index >= 15 is 0 Å². The fraction of sp³-hybridized carbons (Fsp3) is 0.257. The number of anilines is 1. The molecule has 2 amide bonds. The number of carbonyl (C=O) groups excluding carboxylic acids is 2. The molecule has 0 unspecified atom stereocenters. The highest BCUT2D eigenvalue weighted by molar-refractivity contribution is 7.92. The summed E-state index contributed by atoms with van der Waals surface area (Å²) in [6, 6.07) is 23.9. The van der Waals surface area contributed by atoms with Crippen LogP contribution in [0.3, 0.4) is 0 Å². The number of aryl methyl sites for hydroxylation is 1. The van der Waals surface area contributed by atoms with E-state index in [0.717, 1.165) is 28.3 Å². The maximum absolute atomic E-state index is 14.6. The number of hydrogen-bond acceptors (Lipinski definition) is 4. The minimum atomic E-state index is -4.36. The van der Waals surface area contributed by atoms with Crippen LogP contribution in [0.15, 0.2) is 95.9 Å². The third-order valence-corrected chi connectivity index (χ3v) is 10.9. The molecule has 0 aliphatic heterocycles. The standard InChI is InChI=1S/C35H35Cl4N3O4S/c1-3-4-20-40-35(44)32(21-25-10-6-5-7-11-25)41(22-27-28(36)12-8-13-29(27)37)33(43)23-42(31-15-9-14-30(38)34(31)39)47(45,46)26-18-16-24(2)17-19-26/h5-19,32H,3-4,20-23H2,1-2H3,(H,40,44)/t32-/m1/s1. The molecule has 248 valence electrons. The summed E-state index contributed by atoms with van der Waals surface area (Å²) in [5.74, 6) is -1.08. The predicted molar refractivity (Wildman–Crippen MR) is 191 cm³/mol. The van der Waals surface area contributed by atoms with Crippen LogP contribution in [0.2, 0.25) is 20.1 Å². The predicted octanol–water partition coefficient (Wildman–Crippen LogP) is 8.36. The van der Waals surface area contributed by atoms with Gasteiger partial charge in [-0.15, -0.1) is 0 Å². The highest BCUT2D eigenvalue weighted by Crippen LogP contribution is 2.36. The van der Waals surface area contributed by atoms with E-state index in [9.17, 15) is 18.0 Å². The van der Waals surface area contributed by atoms with Gasteiger partial charge in [0.25, 0.3) is 10.0 Å². The fourth-order valence-electron chi connectivity index (χ4n) is 4.95. The van der Waals surface area contributed by atoms with Gasteiger partial charge >= 0.3 is 0 Å². The summed E-state index contributed by atoms with van der Waals surface area (Å²) in [6.45, 7) is 3.37. The third-order valence-electron chi connectivity index (χ3n) is 7.58. The number of sulfonamides is 1. The molecule has 0 aromatic heterocycles. The maximum Gasteiger partial charge on any atom is 0.264 e. The summed E-state index contributed by atoms with van der Waals surface area (Å²) in [5, 5.41) is 3.60. The summed E-state index contributed by atoms with van der Waals surface area (Å²) < 4.78 is 29.4. The topological polar surface area (TPSA) is 86.8 Å². The minimum absolute atomic E-state index is 0.0100. The number of rotatable bonds is 14. The molecule has 47 heavy (non-hydrogen) atoms. The molecule has 0 spiro atoms. The first kappa shape index (κ1) is 36.6. The second-order valence-electron chi connectivity index (χ2n) is 11.0. The van der Waals surface area contributed by atoms with Gasteiger partial charge in [-0.1, -0.05) is 120 Å². The van der Waals surface area contributed by atoms with E-state index < -0.39 is 34.4 Å². The molecule has 1 atom stereocenters. The summed E-state index contributed by atoms with van der Waals surface area (Å²) in [7, 11) is -4.36. The van der Waals surface area contributed by atoms with Crippen molar-refractivity contribution < 1.29 is 18.0 Å². The summed E-state index contributed by atoms with van der Waals surface area (Å²) >= 11 is 26.0. The van der Waals surface area contributed by atoms with Crippen LogP contribution in [0.5, 0.6) is 0 Å². The molecule has 4 aromatic carbocycles. The summed E-state index contributed by atoms with van der Waals surface area (Å²) in [4.78, 5) is 29.8. The van der Waals surface area contributed by atoms with Gasteiger partial charge in [0.2, 0.25) is 11.8 Å². The number of amides is 2. The van der Waals surface area contributed by atoms with E-state index in [4.69, 9.17) is 46.4 Å². The second-order valence-corrected chi connectivity index (χ2v) is 14.4. The molecule has 0 saturated heterocycles. The molecule has 0 bridgehead atoms. The Morgan fingerprint density at radius 3 is 2.06 bits per heavy atom. The van der Waals surface area contributed by atoms with Crippen molar-refractivity contribution in [2.45, 2.75) is 50.6 Å². The zero-order chi connectivity index (χ0) is 34.1. The first-order chi connectivity index (χ1) is 22.4. The van der Waals surface area contributed by atoms with Gasteiger partial charge in [0.1, 0.15) is 12.6 Å². The largest absolute Gasteiger partial charge is 0.354 e. The molecule has 0 fully saturated rings. The van der Waals surface area contributed by atoms with Crippen molar-refractivity contribution in [1.29, 1.82) is 0 Å². The number of halogens is 4. The van der Waals surface area contributed by atoms with Gasteiger partial charge in [0.15, 0.2) is 0 Å². The molecular weight excluding hydrogens is 700 g/mol. The molecule has 12 heteroatoms. The van der Waals surface area contributed by atoms with Gasteiger partial charge in [0.05, 0.1) is 20.6 Å². The van der Waals surface area contributed by atoms with Crippen LogP contribution < -0.4 is 9.62 Å². The van der Waals surface area contributed by atoms with Gasteiger partial charge in [-0.25, -0.2) is 8.42 Å². The van der Waals surface area contributed by atoms with Crippen molar-refractivity contribution in [2.24, 2.45) is 0 Å². The van der Waals surface area contributed by atoms with Crippen LogP contribution >= 0.6 is 46.4 Å². The van der Waals surface area contributed by atoms with E-state index in [1.54, 1.807) is 36.4 Å². The number of nitrogens with one attached hydrogen (secondary N) is 1. The summed E-state index contributed by atoms with van der Waals surface area (Å²) in [6.07, 6.45) is 1.74. The van der Waals surface area contributed by atoms with Crippen molar-refractivity contribution in [3.8, 4) is 0 Å². The number of unbranched alkanes of at least 4 members (excludes halogenated alkanes) is 1. The SMILES string of the molecule is CCCCNC(=O)[C@@H](Cc1ccccc1)N(Cc1c(Cl)cccc1Cl)C(=O)CN(c1cccc(Cl)c1Cl)S(=O)(=O)c1ccc(C)cc1. The first-order valence-corrected chi connectivity index (χ1v) is 18.0. The van der Waals surface area contributed by atoms with Crippen LogP contribution in [0.4, 0.5) is 5.69 Å². The van der Waals surface area contributed by atoms with Gasteiger partial charge in [-0.3, -0.25) is 13.9 Å². The van der Waals surface area contributed by atoms with Crippen molar-refractivity contribution in [3.63, 3.8) is 0 Å². The monoisotopic (exact) mass is 733 g/mol. The van der Waals surface area contributed by atoms with E-state index in [2.05, 4.69) is 5.32 Å². The van der Waals surface area contributed by atoms with Crippen LogP contribution in [0.25, 0.3) is 0 Å². The van der Waals surface area contributed by atoms with Crippen LogP contribution in [-0.4, -0.2) is 44.3 Å². The van der Waals surface area contributed by atoms with Gasteiger partial charge in [-0.2, -0.15) is 0 Å². The molecule has 4 aromatic rings. The fourth-order valence-corrected chi connectivity index (χ4v) is 7.34. The zero-order valence-corrected chi connectivity index (χ0v) is 29.8. The number of nitrogens with zero attached hydrogens (tertiary/aromatic N) is 2. The number of hydrogen-bond donors (Lipinski definition) is 1. The molecule has 4 rings (SSSR count). The van der Waals surface area contributed by atoms with E-state index in [-0.39, 0.29) is 33.6 Å². The van der Waals surface area contributed by atoms with Crippen LogP contribution in [-0.2, 0) is 32.6 Å². The summed E-state index contributed by atoms with van der Waals surface area (Å²) in [5.41, 5.74) is 2.08. The molecule has 0 aliphatic carbocycles. The number of benzene rings is 4. The molecule has 1 N–H and O–H groups in total. The highest BCUT2D eigenvalue weighted by atomic mass is 35.5. The Labute approximate surface area is 296 Å². The van der Waals surface area contributed by atoms with E-state index in [0.29, 0.717) is 22.2 Å². The van der Waals surface area contributed by atoms with Crippen molar-refractivity contribution in [3.05, 3.63) is 128 Å². The first-order valence-electron chi connectivity index (χ1n) is 15.0. The Balaban J connectivity index is 1.85. The molecule has 7 nitrogen and oxygen atoms in total. The molecule has 0 aliphatic rings. The average Bonchev–Trinajstić information content (AvgIpc) is 3.05. The third kappa shape index (κ3) is 9.21. The minimum Gasteiger partial charge on any atom is -0.354 e. The Morgan fingerprint density at radius 1 is 0.809 bits per heavy atom. The van der Waals surface area contributed by atoms with Crippen molar-refractivity contribution in [2.75, 3.05) is 17.4 Å². The quantitative estimate of drug-likeness (QED) is 0.132. The maximum atomic E-state index is 14.6. The van der Waals surface area contributed by atoms with Gasteiger partial charge in [0, 0.05) is 35.1 Å². The molecular formula is C35H35Cl4N3O4S. The molecule has 0 saturated carbocycles. The van der Waals surface area contributed by atoms with Crippen LogP contribution in [0.1, 0.15) is 36.5 Å². The van der Waals surface area contributed by atoms with Gasteiger partial charge < -0.3 is 10.2 Å². The average molecular weight is 736 g/mol.